The summed E-state index contributed by atoms with van der Waals surface area (Å²) in [7, 11) is 0. The molecule has 130 valence electrons. The van der Waals surface area contributed by atoms with Crippen molar-refractivity contribution in [1.29, 1.82) is 0 Å². The van der Waals surface area contributed by atoms with Gasteiger partial charge in [0.15, 0.2) is 12.3 Å². The number of aromatic hydroxyl groups is 1. The number of nitrogens with zero attached hydrogens (tertiary/aromatic N) is 1. The Morgan fingerprint density at radius 1 is 1.58 bits per heavy atom. The molecule has 0 unspecified atom stereocenters. The molecule has 1 fully saturated rings. The lowest BCUT2D eigenvalue weighted by Crippen LogP contribution is -2.76. The van der Waals surface area contributed by atoms with E-state index in [1.165, 1.54) is 19.3 Å². The lowest BCUT2D eigenvalue weighted by Gasteiger charge is -2.10. The molecule has 1 saturated carbocycles. The summed E-state index contributed by atoms with van der Waals surface area (Å²) in [6.07, 6.45) is 0.274. The van der Waals surface area contributed by atoms with Gasteiger partial charge in [-0.15, -0.1) is 0 Å². The Hall–Kier alpha value is -2.39. The number of aromatic nitrogens is 1. The number of carbonyl (C=O) groups is 1. The van der Waals surface area contributed by atoms with Gasteiger partial charge in [-0.25, -0.2) is 4.99 Å². The van der Waals surface area contributed by atoms with Crippen LogP contribution in [0.2, 0.25) is 0 Å². The van der Waals surface area contributed by atoms with E-state index >= 15 is 0 Å². The van der Waals surface area contributed by atoms with E-state index in [0.29, 0.717) is 0 Å². The Morgan fingerprint density at radius 3 is 2.88 bits per heavy atom. The number of rotatable bonds is 5. The highest BCUT2D eigenvalue weighted by Crippen LogP contribution is 2.31. The summed E-state index contributed by atoms with van der Waals surface area (Å²) in [5.74, 6) is -2.62. The van der Waals surface area contributed by atoms with Crippen LogP contribution >= 0.6 is 0 Å². The van der Waals surface area contributed by atoms with E-state index in [4.69, 9.17) is 0 Å². The smallest absolute Gasteiger partial charge is 0.276 e. The zero-order valence-electron chi connectivity index (χ0n) is 12.7. The fourth-order valence-corrected chi connectivity index (χ4v) is 2.65. The molecule has 0 spiro atoms. The molecular formula is C15H15F2N2O5-. The summed E-state index contributed by atoms with van der Waals surface area (Å²) < 4.78 is 26.0. The van der Waals surface area contributed by atoms with Crippen LogP contribution in [-0.2, 0) is 16.3 Å². The highest BCUT2D eigenvalue weighted by molar-refractivity contribution is 5.82. The Kier molecular flexibility index (Phi) is 5.58. The van der Waals surface area contributed by atoms with Gasteiger partial charge in [0, 0.05) is 30.1 Å². The Labute approximate surface area is 135 Å². The van der Waals surface area contributed by atoms with Crippen molar-refractivity contribution in [3.63, 3.8) is 0 Å². The lowest BCUT2D eigenvalue weighted by atomic mass is 10.1. The van der Waals surface area contributed by atoms with Crippen LogP contribution < -0.4 is 15.4 Å². The first-order valence-corrected chi connectivity index (χ1v) is 7.11. The molecule has 1 aromatic rings. The molecule has 1 heterocycles. The van der Waals surface area contributed by atoms with Crippen molar-refractivity contribution in [3.05, 3.63) is 34.7 Å². The van der Waals surface area contributed by atoms with Crippen molar-refractivity contribution >= 4 is 12.2 Å². The third-order valence-corrected chi connectivity index (χ3v) is 3.98. The van der Waals surface area contributed by atoms with E-state index in [1.807, 2.05) is 0 Å². The predicted molar refractivity (Wildman–Crippen MR) is 72.3 cm³/mol. The van der Waals surface area contributed by atoms with Crippen molar-refractivity contribution in [1.82, 2.24) is 4.98 Å². The molecule has 0 saturated heterocycles. The van der Waals surface area contributed by atoms with Crippen LogP contribution in [-0.4, -0.2) is 28.3 Å². The maximum atomic E-state index is 13.0. The monoisotopic (exact) mass is 341 g/mol. The maximum absolute atomic E-state index is 13.0. The van der Waals surface area contributed by atoms with E-state index in [2.05, 4.69) is 14.9 Å². The van der Waals surface area contributed by atoms with Crippen LogP contribution in [0.4, 0.5) is 8.78 Å². The standard InChI is InChI=1S/C15H16F2N2O5/c1-7-13(20)11(9(4-18-7)6-24-23)5-19-12-3-8(15(21)22)2-10(12)14(16)17/h4-5,8,12,20,23H,2-3,6H2,1H3,(H,21,22)/p-1/t8-,12-/m0/s1. The first-order valence-electron chi connectivity index (χ1n) is 7.11. The van der Waals surface area contributed by atoms with Crippen molar-refractivity contribution < 1.29 is 38.9 Å². The van der Waals surface area contributed by atoms with Gasteiger partial charge in [0.05, 0.1) is 23.4 Å². The third-order valence-electron chi connectivity index (χ3n) is 3.98. The minimum atomic E-state index is -1.94. The number of carboxylic acids is 1. The molecule has 0 aromatic carbocycles. The van der Waals surface area contributed by atoms with Gasteiger partial charge in [0.1, 0.15) is 5.75 Å². The summed E-state index contributed by atoms with van der Waals surface area (Å²) in [6.45, 7) is 1.16. The molecule has 0 bridgehead atoms. The first kappa shape index (κ1) is 18.0. The molecule has 2 atom stereocenters. The Bertz CT molecular complexity index is 701. The summed E-state index contributed by atoms with van der Waals surface area (Å²) >= 11 is 0. The van der Waals surface area contributed by atoms with Crippen molar-refractivity contribution in [2.24, 2.45) is 5.92 Å². The van der Waals surface area contributed by atoms with Crippen molar-refractivity contribution in [2.45, 2.75) is 32.4 Å². The number of pyridine rings is 1. The maximum Gasteiger partial charge on any atom is 0.276 e. The van der Waals surface area contributed by atoms with Crippen LogP contribution in [0.25, 0.3) is 0 Å². The van der Waals surface area contributed by atoms with Gasteiger partial charge >= 0.3 is 0 Å². The SMILES string of the molecule is Cc1ncc(CO[O-])c(C=[NH+][C@H]2C[C@@H](C(=O)[O-])CC2=C(F)F)c1O. The predicted octanol–water partition coefficient (Wildman–Crippen LogP) is -1.93. The molecule has 2 N–H and O–H groups in total. The second-order valence-corrected chi connectivity index (χ2v) is 5.50. The zero-order valence-corrected chi connectivity index (χ0v) is 12.7. The second-order valence-electron chi connectivity index (χ2n) is 5.50. The lowest BCUT2D eigenvalue weighted by molar-refractivity contribution is -0.695. The molecule has 0 radical (unpaired) electrons. The number of carboxylic acid groups (broad SMARTS) is 1. The van der Waals surface area contributed by atoms with Gasteiger partial charge < -0.3 is 25.2 Å². The van der Waals surface area contributed by atoms with Gasteiger partial charge in [0.25, 0.3) is 6.08 Å². The van der Waals surface area contributed by atoms with Gasteiger partial charge in [-0.2, -0.15) is 8.78 Å². The Morgan fingerprint density at radius 2 is 2.29 bits per heavy atom. The minimum Gasteiger partial charge on any atom is -0.723 e. The second kappa shape index (κ2) is 7.45. The van der Waals surface area contributed by atoms with E-state index < -0.39 is 24.0 Å². The fraction of sp³-hybridized carbons (Fsp3) is 0.400. The van der Waals surface area contributed by atoms with Crippen LogP contribution in [0, 0.1) is 12.8 Å². The molecular weight excluding hydrogens is 326 g/mol. The largest absolute Gasteiger partial charge is 0.723 e. The van der Waals surface area contributed by atoms with Crippen LogP contribution in [0.5, 0.6) is 5.75 Å². The summed E-state index contributed by atoms with van der Waals surface area (Å²) in [6, 6.07) is -0.910. The third kappa shape index (κ3) is 3.74. The van der Waals surface area contributed by atoms with Crippen LogP contribution in [0.15, 0.2) is 17.9 Å². The van der Waals surface area contributed by atoms with Gasteiger partial charge in [0.2, 0.25) is 0 Å². The Balaban J connectivity index is 2.35. The molecule has 1 aliphatic carbocycles. The molecule has 1 aliphatic rings. The molecule has 0 amide bonds. The van der Waals surface area contributed by atoms with Crippen LogP contribution in [0.3, 0.4) is 0 Å². The fourth-order valence-electron chi connectivity index (χ4n) is 2.65. The summed E-state index contributed by atoms with van der Waals surface area (Å²) in [5.41, 5.74) is 0.409. The number of aliphatic carboxylic acids is 1. The number of nitrogens with one attached hydrogen (secondary N) is 1. The molecule has 0 aliphatic heterocycles. The molecule has 7 nitrogen and oxygen atoms in total. The van der Waals surface area contributed by atoms with E-state index in [0.717, 1.165) is 0 Å². The number of carbonyl (C=O) groups excluding carboxylic acids is 1. The zero-order chi connectivity index (χ0) is 17.9. The minimum absolute atomic E-state index is 0.0658. The van der Waals surface area contributed by atoms with Crippen molar-refractivity contribution in [2.75, 3.05) is 0 Å². The van der Waals surface area contributed by atoms with E-state index in [1.54, 1.807) is 0 Å². The summed E-state index contributed by atoms with van der Waals surface area (Å²) in [4.78, 5) is 21.3. The number of hydrogen-bond donors (Lipinski definition) is 2. The van der Waals surface area contributed by atoms with Gasteiger partial charge in [-0.05, 0) is 13.3 Å². The number of aryl methyl sites for hydroxylation is 1. The topological polar surface area (TPSA) is 120 Å². The van der Waals surface area contributed by atoms with E-state index in [9.17, 15) is 29.0 Å². The summed E-state index contributed by atoms with van der Waals surface area (Å²) in [5, 5.41) is 31.3. The normalized spacial score (nSPS) is 20.8. The van der Waals surface area contributed by atoms with Gasteiger partial charge in [-0.3, -0.25) is 4.98 Å². The molecule has 9 heteroatoms. The quantitative estimate of drug-likeness (QED) is 0.366. The first-order chi connectivity index (χ1) is 11.3. The van der Waals surface area contributed by atoms with Gasteiger partial charge in [-0.1, -0.05) is 0 Å². The number of halogens is 2. The molecule has 24 heavy (non-hydrogen) atoms. The highest BCUT2D eigenvalue weighted by Gasteiger charge is 2.36. The molecule has 2 rings (SSSR count). The average Bonchev–Trinajstić information content (AvgIpc) is 2.95. The van der Waals surface area contributed by atoms with Crippen LogP contribution in [0.1, 0.15) is 29.7 Å². The number of hydrogen-bond acceptors (Lipinski definition) is 6. The molecule has 1 aromatic heterocycles. The van der Waals surface area contributed by atoms with Crippen molar-refractivity contribution in [3.8, 4) is 5.75 Å². The average molecular weight is 341 g/mol. The van der Waals surface area contributed by atoms with E-state index in [-0.39, 0.29) is 47.6 Å². The highest BCUT2D eigenvalue weighted by atomic mass is 19.3.